The second-order valence-electron chi connectivity index (χ2n) is 5.48. The van der Waals surface area contributed by atoms with Gasteiger partial charge in [-0.25, -0.2) is 4.79 Å². The molecule has 0 aliphatic carbocycles. The summed E-state index contributed by atoms with van der Waals surface area (Å²) in [4.78, 5) is 37.4. The molecule has 1 aromatic rings. The van der Waals surface area contributed by atoms with Crippen molar-refractivity contribution in [2.24, 2.45) is 0 Å². The summed E-state index contributed by atoms with van der Waals surface area (Å²) in [6.45, 7) is 0.930. The molecule has 2 rings (SSSR count). The molecule has 0 bridgehead atoms. The fourth-order valence-corrected chi connectivity index (χ4v) is 2.54. The lowest BCUT2D eigenvalue weighted by Crippen LogP contribution is -3.11. The van der Waals surface area contributed by atoms with Crippen LogP contribution < -0.4 is 20.3 Å². The van der Waals surface area contributed by atoms with Crippen molar-refractivity contribution < 1.29 is 24.0 Å². The van der Waals surface area contributed by atoms with Crippen molar-refractivity contribution in [2.45, 2.75) is 0 Å². The maximum atomic E-state index is 12.1. The maximum Gasteiger partial charge on any atom is 0.324 e. The highest BCUT2D eigenvalue weighted by Gasteiger charge is 2.28. The monoisotopic (exact) mass is 355 g/mol. The zero-order chi connectivity index (χ0) is 17.7. The zero-order valence-electron chi connectivity index (χ0n) is 13.5. The van der Waals surface area contributed by atoms with Crippen LogP contribution in [0.15, 0.2) is 18.2 Å². The van der Waals surface area contributed by atoms with Gasteiger partial charge in [0.15, 0.2) is 13.1 Å². The Morgan fingerprint density at radius 3 is 2.79 bits per heavy atom. The van der Waals surface area contributed by atoms with Crippen LogP contribution in [-0.2, 0) is 9.59 Å². The average molecular weight is 356 g/mol. The summed E-state index contributed by atoms with van der Waals surface area (Å²) >= 11 is 5.92. The quantitative estimate of drug-likeness (QED) is 0.632. The molecule has 4 amide bonds. The van der Waals surface area contributed by atoms with Gasteiger partial charge >= 0.3 is 6.03 Å². The number of ether oxygens (including phenoxy) is 1. The molecule has 8 nitrogen and oxygen atoms in total. The lowest BCUT2D eigenvalue weighted by molar-refractivity contribution is -0.862. The topological polar surface area (TPSA) is 92.2 Å². The van der Waals surface area contributed by atoms with Gasteiger partial charge in [-0.15, -0.1) is 0 Å². The van der Waals surface area contributed by atoms with Gasteiger partial charge < -0.3 is 20.3 Å². The number of likely N-dealkylation sites (N-methyl/N-ethyl adjacent to an activating group) is 1. The number of nitrogens with zero attached hydrogens (tertiary/aromatic N) is 1. The molecule has 9 heteroatoms. The largest absolute Gasteiger partial charge is 0.495 e. The Hall–Kier alpha value is -2.32. The van der Waals surface area contributed by atoms with Crippen LogP contribution in [0.5, 0.6) is 5.75 Å². The second kappa shape index (κ2) is 7.98. The first-order valence-corrected chi connectivity index (χ1v) is 7.81. The summed E-state index contributed by atoms with van der Waals surface area (Å²) in [6, 6.07) is 4.52. The first-order valence-electron chi connectivity index (χ1n) is 7.43. The van der Waals surface area contributed by atoms with Crippen molar-refractivity contribution in [1.82, 2.24) is 10.2 Å². The van der Waals surface area contributed by atoms with Gasteiger partial charge in [-0.1, -0.05) is 11.6 Å². The Kier molecular flexibility index (Phi) is 5.99. The normalized spacial score (nSPS) is 15.0. The molecule has 1 heterocycles. The van der Waals surface area contributed by atoms with Crippen molar-refractivity contribution in [3.8, 4) is 5.75 Å². The van der Waals surface area contributed by atoms with Crippen LogP contribution in [0.3, 0.4) is 0 Å². The number of urea groups is 1. The fraction of sp³-hybridized carbons (Fsp3) is 0.400. The minimum absolute atomic E-state index is 0.0491. The third-order valence-electron chi connectivity index (χ3n) is 3.51. The van der Waals surface area contributed by atoms with E-state index in [2.05, 4.69) is 10.6 Å². The molecule has 1 unspecified atom stereocenters. The van der Waals surface area contributed by atoms with E-state index >= 15 is 0 Å². The van der Waals surface area contributed by atoms with Gasteiger partial charge in [0.05, 0.1) is 19.8 Å². The fourth-order valence-electron chi connectivity index (χ4n) is 2.37. The number of methoxy groups -OCH3 is 1. The lowest BCUT2D eigenvalue weighted by atomic mass is 10.3. The summed E-state index contributed by atoms with van der Waals surface area (Å²) in [6.07, 6.45) is 0. The van der Waals surface area contributed by atoms with Crippen molar-refractivity contribution in [3.05, 3.63) is 23.2 Å². The molecule has 1 fully saturated rings. The standard InChI is InChI=1S/C15H19ClN4O4/c1-19(9-14(22)20-6-5-17-15(20)23)8-13(21)18-11-7-10(16)3-4-12(11)24-2/h3-4,7H,5-6,8-9H2,1-2H3,(H,17,23)(H,18,21)/p+1. The van der Waals surface area contributed by atoms with Crippen LogP contribution in [-0.4, -0.2) is 63.1 Å². The SMILES string of the molecule is COc1ccc(Cl)cc1NC(=O)C[NH+](C)CC(=O)N1CCNC1=O. The highest BCUT2D eigenvalue weighted by Crippen LogP contribution is 2.27. The third-order valence-corrected chi connectivity index (χ3v) is 3.74. The van der Waals surface area contributed by atoms with Gasteiger partial charge in [-0.05, 0) is 18.2 Å². The van der Waals surface area contributed by atoms with Gasteiger partial charge in [0, 0.05) is 18.1 Å². The summed E-state index contributed by atoms with van der Waals surface area (Å²) in [5, 5.41) is 5.75. The predicted octanol–water partition coefficient (Wildman–Crippen LogP) is -0.646. The van der Waals surface area contributed by atoms with Gasteiger partial charge in [-0.2, -0.15) is 0 Å². The number of anilines is 1. The number of benzene rings is 1. The Morgan fingerprint density at radius 2 is 2.17 bits per heavy atom. The minimum atomic E-state index is -0.388. The molecule has 0 saturated carbocycles. The number of amides is 4. The molecule has 1 aromatic carbocycles. The summed E-state index contributed by atoms with van der Waals surface area (Å²) in [5.41, 5.74) is 0.466. The molecule has 1 aliphatic rings. The smallest absolute Gasteiger partial charge is 0.324 e. The van der Waals surface area contributed by atoms with Crippen LogP contribution in [0.25, 0.3) is 0 Å². The number of nitrogens with one attached hydrogen (secondary N) is 3. The molecule has 0 radical (unpaired) electrons. The number of halogens is 1. The molecule has 130 valence electrons. The minimum Gasteiger partial charge on any atom is -0.495 e. The number of quaternary nitrogens is 1. The van der Waals surface area contributed by atoms with Crippen LogP contribution in [0.1, 0.15) is 0 Å². The van der Waals surface area contributed by atoms with E-state index in [0.29, 0.717) is 34.4 Å². The van der Waals surface area contributed by atoms with Crippen LogP contribution >= 0.6 is 11.6 Å². The first-order chi connectivity index (χ1) is 11.4. The number of hydrogen-bond donors (Lipinski definition) is 3. The highest BCUT2D eigenvalue weighted by molar-refractivity contribution is 6.31. The second-order valence-corrected chi connectivity index (χ2v) is 5.92. The molecular weight excluding hydrogens is 336 g/mol. The van der Waals surface area contributed by atoms with E-state index in [0.717, 1.165) is 4.90 Å². The molecule has 0 spiro atoms. The Bertz CT molecular complexity index is 652. The first kappa shape index (κ1) is 18.0. The van der Waals surface area contributed by atoms with Crippen LogP contribution in [0.4, 0.5) is 10.5 Å². The van der Waals surface area contributed by atoms with Gasteiger partial charge in [0.2, 0.25) is 0 Å². The molecular formula is C15H20ClN4O4+. The Labute approximate surface area is 144 Å². The summed E-state index contributed by atoms with van der Waals surface area (Å²) in [5.74, 6) is -0.0995. The van der Waals surface area contributed by atoms with Crippen LogP contribution in [0, 0.1) is 0 Å². The highest BCUT2D eigenvalue weighted by atomic mass is 35.5. The lowest BCUT2D eigenvalue weighted by Gasteiger charge is -2.17. The van der Waals surface area contributed by atoms with Gasteiger partial charge in [0.1, 0.15) is 5.75 Å². The molecule has 1 aliphatic heterocycles. The van der Waals surface area contributed by atoms with Crippen molar-refractivity contribution in [2.75, 3.05) is 45.7 Å². The van der Waals surface area contributed by atoms with Crippen molar-refractivity contribution >= 4 is 35.1 Å². The Balaban J connectivity index is 1.89. The predicted molar refractivity (Wildman–Crippen MR) is 88.4 cm³/mol. The average Bonchev–Trinajstić information content (AvgIpc) is 2.93. The van der Waals surface area contributed by atoms with E-state index in [1.54, 1.807) is 25.2 Å². The van der Waals surface area contributed by atoms with E-state index in [1.165, 1.54) is 7.11 Å². The molecule has 0 aromatic heterocycles. The maximum absolute atomic E-state index is 12.1. The van der Waals surface area contributed by atoms with E-state index in [1.807, 2.05) is 0 Å². The zero-order valence-corrected chi connectivity index (χ0v) is 14.3. The van der Waals surface area contributed by atoms with E-state index in [4.69, 9.17) is 16.3 Å². The Morgan fingerprint density at radius 1 is 1.42 bits per heavy atom. The molecule has 24 heavy (non-hydrogen) atoms. The van der Waals surface area contributed by atoms with E-state index < -0.39 is 0 Å². The molecule has 1 saturated heterocycles. The van der Waals surface area contributed by atoms with E-state index in [-0.39, 0.29) is 30.9 Å². The van der Waals surface area contributed by atoms with E-state index in [9.17, 15) is 14.4 Å². The van der Waals surface area contributed by atoms with Gasteiger partial charge in [-0.3, -0.25) is 14.5 Å². The number of carbonyl (C=O) groups is 3. The molecule has 3 N–H and O–H groups in total. The number of hydrogen-bond acceptors (Lipinski definition) is 4. The number of rotatable bonds is 6. The summed E-state index contributed by atoms with van der Waals surface area (Å²) in [7, 11) is 3.21. The van der Waals surface area contributed by atoms with Crippen molar-refractivity contribution in [1.29, 1.82) is 0 Å². The summed E-state index contributed by atoms with van der Waals surface area (Å²) < 4.78 is 5.16. The molecule has 1 atom stereocenters. The number of carbonyl (C=O) groups excluding carboxylic acids is 3. The third kappa shape index (κ3) is 4.59. The van der Waals surface area contributed by atoms with Gasteiger partial charge in [0.25, 0.3) is 11.8 Å². The number of imide groups is 1. The van der Waals surface area contributed by atoms with Crippen LogP contribution in [0.2, 0.25) is 5.02 Å². The van der Waals surface area contributed by atoms with Crippen molar-refractivity contribution in [3.63, 3.8) is 0 Å².